The Labute approximate surface area is 128 Å². The van der Waals surface area contributed by atoms with E-state index >= 15 is 0 Å². The molecule has 0 spiro atoms. The molecule has 0 unspecified atom stereocenters. The molecule has 0 saturated carbocycles. The summed E-state index contributed by atoms with van der Waals surface area (Å²) in [5, 5.41) is 4.22. The van der Waals surface area contributed by atoms with Crippen LogP contribution in [0.5, 0.6) is 0 Å². The van der Waals surface area contributed by atoms with Crippen molar-refractivity contribution in [3.8, 4) is 0 Å². The smallest absolute Gasteiger partial charge is 0.257 e. The van der Waals surface area contributed by atoms with E-state index in [0.717, 1.165) is 22.5 Å². The van der Waals surface area contributed by atoms with Crippen molar-refractivity contribution in [2.75, 3.05) is 7.05 Å². The number of amides is 1. The maximum Gasteiger partial charge on any atom is 0.257 e. The van der Waals surface area contributed by atoms with Crippen LogP contribution in [-0.2, 0) is 6.54 Å². The third kappa shape index (κ3) is 2.67. The van der Waals surface area contributed by atoms with Crippen molar-refractivity contribution in [1.82, 2.24) is 24.5 Å². The highest BCUT2D eigenvalue weighted by Gasteiger charge is 2.17. The zero-order valence-electron chi connectivity index (χ0n) is 12.8. The number of hydrogen-bond acceptors (Lipinski definition) is 4. The molecule has 3 heterocycles. The molecule has 0 N–H and O–H groups in total. The second kappa shape index (κ2) is 5.55. The summed E-state index contributed by atoms with van der Waals surface area (Å²) in [6.07, 6.45) is 6.85. The molecule has 3 aromatic heterocycles. The van der Waals surface area contributed by atoms with Crippen molar-refractivity contribution in [3.05, 3.63) is 59.4 Å². The molecule has 0 aliphatic heterocycles. The summed E-state index contributed by atoms with van der Waals surface area (Å²) >= 11 is 0. The van der Waals surface area contributed by atoms with Crippen LogP contribution >= 0.6 is 0 Å². The van der Waals surface area contributed by atoms with Gasteiger partial charge in [-0.25, -0.2) is 4.52 Å². The Kier molecular flexibility index (Phi) is 3.58. The summed E-state index contributed by atoms with van der Waals surface area (Å²) in [4.78, 5) is 22.7. The van der Waals surface area contributed by atoms with Crippen molar-refractivity contribution in [1.29, 1.82) is 0 Å². The maximum atomic E-state index is 12.6. The second-order valence-corrected chi connectivity index (χ2v) is 5.40. The van der Waals surface area contributed by atoms with E-state index in [4.69, 9.17) is 0 Å². The van der Waals surface area contributed by atoms with Crippen LogP contribution in [0.15, 0.2) is 36.9 Å². The highest BCUT2D eigenvalue weighted by molar-refractivity contribution is 6.00. The lowest BCUT2D eigenvalue weighted by Crippen LogP contribution is -2.26. The number of nitrogens with zero attached hydrogens (tertiary/aromatic N) is 5. The minimum Gasteiger partial charge on any atom is -0.336 e. The van der Waals surface area contributed by atoms with Gasteiger partial charge in [0.2, 0.25) is 0 Å². The predicted molar refractivity (Wildman–Crippen MR) is 82.5 cm³/mol. The van der Waals surface area contributed by atoms with Crippen LogP contribution in [0.4, 0.5) is 0 Å². The van der Waals surface area contributed by atoms with Crippen LogP contribution in [0.25, 0.3) is 5.52 Å². The van der Waals surface area contributed by atoms with E-state index in [1.807, 2.05) is 32.2 Å². The van der Waals surface area contributed by atoms with Gasteiger partial charge in [-0.05, 0) is 31.5 Å². The molecular formula is C16H17N5O. The molecule has 22 heavy (non-hydrogen) atoms. The van der Waals surface area contributed by atoms with Crippen LogP contribution in [0.1, 0.15) is 27.3 Å². The Bertz CT molecular complexity index is 822. The average Bonchev–Trinajstić information content (AvgIpc) is 2.91. The number of pyridine rings is 1. The number of hydrogen-bond donors (Lipinski definition) is 0. The zero-order valence-corrected chi connectivity index (χ0v) is 12.8. The van der Waals surface area contributed by atoms with E-state index in [0.29, 0.717) is 12.1 Å². The molecule has 6 nitrogen and oxygen atoms in total. The molecule has 0 aliphatic carbocycles. The van der Waals surface area contributed by atoms with E-state index in [9.17, 15) is 4.79 Å². The van der Waals surface area contributed by atoms with Gasteiger partial charge in [0.25, 0.3) is 5.91 Å². The number of rotatable bonds is 3. The van der Waals surface area contributed by atoms with Gasteiger partial charge in [0.1, 0.15) is 0 Å². The Balaban J connectivity index is 1.85. The van der Waals surface area contributed by atoms with Crippen molar-refractivity contribution in [2.45, 2.75) is 20.4 Å². The minimum absolute atomic E-state index is 0.0806. The molecule has 0 fully saturated rings. The fourth-order valence-corrected chi connectivity index (χ4v) is 2.27. The van der Waals surface area contributed by atoms with Crippen LogP contribution in [0, 0.1) is 13.8 Å². The quantitative estimate of drug-likeness (QED) is 0.741. The van der Waals surface area contributed by atoms with E-state index in [1.165, 1.54) is 0 Å². The van der Waals surface area contributed by atoms with Crippen molar-refractivity contribution in [2.24, 2.45) is 0 Å². The van der Waals surface area contributed by atoms with Crippen LogP contribution in [0.3, 0.4) is 0 Å². The van der Waals surface area contributed by atoms with Crippen molar-refractivity contribution in [3.63, 3.8) is 0 Å². The minimum atomic E-state index is -0.0806. The van der Waals surface area contributed by atoms with Gasteiger partial charge in [0.05, 0.1) is 41.4 Å². The number of aryl methyl sites for hydroxylation is 2. The largest absolute Gasteiger partial charge is 0.336 e. The summed E-state index contributed by atoms with van der Waals surface area (Å²) in [7, 11) is 1.75. The first kappa shape index (κ1) is 14.2. The van der Waals surface area contributed by atoms with Crippen molar-refractivity contribution >= 4 is 11.4 Å². The average molecular weight is 295 g/mol. The molecule has 3 aromatic rings. The molecule has 0 saturated heterocycles. The topological polar surface area (TPSA) is 63.4 Å². The number of aromatic nitrogens is 4. The monoisotopic (exact) mass is 295 g/mol. The normalized spacial score (nSPS) is 10.9. The lowest BCUT2D eigenvalue weighted by atomic mass is 10.2. The summed E-state index contributed by atoms with van der Waals surface area (Å²) in [6.45, 7) is 4.29. The Morgan fingerprint density at radius 1 is 1.23 bits per heavy atom. The molecule has 112 valence electrons. The summed E-state index contributed by atoms with van der Waals surface area (Å²) in [5.74, 6) is -0.0806. The molecule has 6 heteroatoms. The van der Waals surface area contributed by atoms with Crippen molar-refractivity contribution < 1.29 is 4.79 Å². The van der Waals surface area contributed by atoms with Gasteiger partial charge < -0.3 is 4.90 Å². The standard InChI is InChI=1S/C16H17N5O/c1-11-4-5-21-15(6-11)14(9-19-21)16(22)20(3)10-13-8-17-12(2)7-18-13/h4-9H,10H2,1-3H3. The van der Waals surface area contributed by atoms with Gasteiger partial charge in [-0.1, -0.05) is 0 Å². The van der Waals surface area contributed by atoms with Gasteiger partial charge in [-0.3, -0.25) is 14.8 Å². The lowest BCUT2D eigenvalue weighted by Gasteiger charge is -2.16. The summed E-state index contributed by atoms with van der Waals surface area (Å²) in [5.41, 5.74) is 4.11. The van der Waals surface area contributed by atoms with Gasteiger partial charge >= 0.3 is 0 Å². The number of carbonyl (C=O) groups excluding carboxylic acids is 1. The third-order valence-corrected chi connectivity index (χ3v) is 3.49. The molecule has 0 aromatic carbocycles. The second-order valence-electron chi connectivity index (χ2n) is 5.40. The lowest BCUT2D eigenvalue weighted by molar-refractivity contribution is 0.0785. The highest BCUT2D eigenvalue weighted by Crippen LogP contribution is 2.15. The zero-order chi connectivity index (χ0) is 15.7. The fourth-order valence-electron chi connectivity index (χ4n) is 2.27. The molecule has 1 amide bonds. The third-order valence-electron chi connectivity index (χ3n) is 3.49. The fraction of sp³-hybridized carbons (Fsp3) is 0.250. The highest BCUT2D eigenvalue weighted by atomic mass is 16.2. The van der Waals surface area contributed by atoms with E-state index in [1.54, 1.807) is 35.1 Å². The van der Waals surface area contributed by atoms with Crippen LogP contribution < -0.4 is 0 Å². The molecule has 0 aliphatic rings. The number of carbonyl (C=O) groups is 1. The van der Waals surface area contributed by atoms with E-state index in [2.05, 4.69) is 15.1 Å². The summed E-state index contributed by atoms with van der Waals surface area (Å²) in [6, 6.07) is 3.92. The summed E-state index contributed by atoms with van der Waals surface area (Å²) < 4.78 is 1.71. The van der Waals surface area contributed by atoms with Crippen LogP contribution in [0.2, 0.25) is 0 Å². The Morgan fingerprint density at radius 2 is 2.05 bits per heavy atom. The Morgan fingerprint density at radius 3 is 2.77 bits per heavy atom. The SMILES string of the molecule is Cc1ccn2ncc(C(=O)N(C)Cc3cnc(C)cn3)c2c1. The molecule has 0 bridgehead atoms. The molecule has 0 radical (unpaired) electrons. The first-order valence-corrected chi connectivity index (χ1v) is 7.01. The van der Waals surface area contributed by atoms with Gasteiger partial charge in [0.15, 0.2) is 0 Å². The first-order valence-electron chi connectivity index (χ1n) is 7.01. The Hall–Kier alpha value is -2.76. The molecule has 3 rings (SSSR count). The molecular weight excluding hydrogens is 278 g/mol. The van der Waals surface area contributed by atoms with Gasteiger partial charge in [-0.15, -0.1) is 0 Å². The predicted octanol–water partition coefficient (Wildman–Crippen LogP) is 2.01. The van der Waals surface area contributed by atoms with Gasteiger partial charge in [0, 0.05) is 19.4 Å². The van der Waals surface area contributed by atoms with E-state index in [-0.39, 0.29) is 5.91 Å². The van der Waals surface area contributed by atoms with Crippen LogP contribution in [-0.4, -0.2) is 37.4 Å². The van der Waals surface area contributed by atoms with E-state index < -0.39 is 0 Å². The maximum absolute atomic E-state index is 12.6. The molecule has 0 atom stereocenters. The number of fused-ring (bicyclic) bond motifs is 1. The van der Waals surface area contributed by atoms with Gasteiger partial charge in [-0.2, -0.15) is 5.10 Å². The first-order chi connectivity index (χ1) is 10.5.